The largest absolute Gasteiger partial charge is 0.493 e. The normalized spacial score (nSPS) is 9.72. The summed E-state index contributed by atoms with van der Waals surface area (Å²) in [5.41, 5.74) is 0.907. The highest BCUT2D eigenvalue weighted by Gasteiger charge is 2.01. The zero-order valence-corrected chi connectivity index (χ0v) is 15.0. The Morgan fingerprint density at radius 1 is 1.12 bits per heavy atom. The molecule has 0 bridgehead atoms. The first-order valence-electron chi connectivity index (χ1n) is 6.87. The van der Waals surface area contributed by atoms with Crippen LogP contribution in [0.5, 0.6) is 11.5 Å². The van der Waals surface area contributed by atoms with Crippen molar-refractivity contribution in [3.05, 3.63) is 60.4 Å². The number of benzene rings is 1. The van der Waals surface area contributed by atoms with Gasteiger partial charge in [-0.3, -0.25) is 9.54 Å². The van der Waals surface area contributed by atoms with Gasteiger partial charge in [-0.2, -0.15) is 13.7 Å². The summed E-state index contributed by atoms with van der Waals surface area (Å²) >= 11 is 0. The highest BCUT2D eigenvalue weighted by Crippen LogP contribution is 2.27. The van der Waals surface area contributed by atoms with Gasteiger partial charge in [-0.15, -0.1) is 0 Å². The molecule has 0 fully saturated rings. The topological polar surface area (TPSA) is 110 Å². The van der Waals surface area contributed by atoms with Gasteiger partial charge in [-0.1, -0.05) is 12.1 Å². The number of aromatic nitrogens is 1. The van der Waals surface area contributed by atoms with E-state index in [-0.39, 0.29) is 0 Å². The van der Waals surface area contributed by atoms with Gasteiger partial charge < -0.3 is 9.47 Å². The molecule has 1 aromatic carbocycles. The number of pyridine rings is 1. The van der Waals surface area contributed by atoms with Gasteiger partial charge in [0.2, 0.25) is 0 Å². The van der Waals surface area contributed by atoms with Crippen LogP contribution in [0.15, 0.2) is 54.9 Å². The van der Waals surface area contributed by atoms with Crippen molar-refractivity contribution in [2.24, 2.45) is 0 Å². The lowest BCUT2D eigenvalue weighted by Crippen LogP contribution is -1.90. The van der Waals surface area contributed by atoms with E-state index in [1.165, 1.54) is 6.08 Å². The van der Waals surface area contributed by atoms with E-state index in [9.17, 15) is 8.42 Å². The van der Waals surface area contributed by atoms with Gasteiger partial charge in [0.05, 0.1) is 26.5 Å². The van der Waals surface area contributed by atoms with Gasteiger partial charge >= 0.3 is 0 Å². The van der Waals surface area contributed by atoms with Crippen LogP contribution in [0.2, 0.25) is 0 Å². The lowest BCUT2D eigenvalue weighted by Gasteiger charge is -2.07. The number of hydrogen-bond donors (Lipinski definition) is 1. The summed E-state index contributed by atoms with van der Waals surface area (Å²) in [6, 6.07) is 13.1. The fourth-order valence-corrected chi connectivity index (χ4v) is 1.40. The van der Waals surface area contributed by atoms with E-state index in [1.54, 1.807) is 38.8 Å². The van der Waals surface area contributed by atoms with Crippen molar-refractivity contribution in [2.75, 3.05) is 20.5 Å². The Hall–Kier alpha value is -2.89. The third kappa shape index (κ3) is 13.3. The first-order chi connectivity index (χ1) is 11.8. The molecule has 134 valence electrons. The summed E-state index contributed by atoms with van der Waals surface area (Å²) in [6.07, 6.45) is 7.34. The minimum Gasteiger partial charge on any atom is -0.493 e. The van der Waals surface area contributed by atoms with Gasteiger partial charge in [0, 0.05) is 18.5 Å². The molecule has 0 saturated heterocycles. The molecule has 0 aliphatic heterocycles. The average molecular weight is 364 g/mol. The number of nitrogens with zero attached hydrogens (tertiary/aromatic N) is 2. The zero-order chi connectivity index (χ0) is 19.1. The number of allylic oxidation sites excluding steroid dienone is 1. The predicted octanol–water partition coefficient (Wildman–Crippen LogP) is 2.83. The molecule has 0 radical (unpaired) electrons. The lowest BCUT2D eigenvalue weighted by atomic mass is 10.2. The van der Waals surface area contributed by atoms with Crippen LogP contribution in [-0.2, 0) is 10.1 Å². The summed E-state index contributed by atoms with van der Waals surface area (Å²) in [6.45, 7) is 0. The second-order valence-electron chi connectivity index (χ2n) is 4.33. The SMILES string of the molecule is COc1ccc(C=CC#N)cc1OC.CS(=O)(=O)O.c1ccncc1. The van der Waals surface area contributed by atoms with Crippen LogP contribution in [-0.4, -0.2) is 38.4 Å². The monoisotopic (exact) mass is 364 g/mol. The van der Waals surface area contributed by atoms with E-state index in [0.29, 0.717) is 17.8 Å². The average Bonchev–Trinajstić information content (AvgIpc) is 2.60. The molecule has 0 aliphatic rings. The maximum Gasteiger partial charge on any atom is 0.261 e. The molecular weight excluding hydrogens is 344 g/mol. The van der Waals surface area contributed by atoms with E-state index < -0.39 is 10.1 Å². The Bertz CT molecular complexity index is 750. The first-order valence-corrected chi connectivity index (χ1v) is 8.72. The summed E-state index contributed by atoms with van der Waals surface area (Å²) < 4.78 is 36.1. The molecule has 2 aromatic rings. The van der Waals surface area contributed by atoms with E-state index in [1.807, 2.05) is 36.4 Å². The number of nitriles is 1. The van der Waals surface area contributed by atoms with Gasteiger partial charge in [-0.25, -0.2) is 0 Å². The van der Waals surface area contributed by atoms with Crippen LogP contribution in [0.4, 0.5) is 0 Å². The maximum atomic E-state index is 9.19. The molecule has 1 heterocycles. The van der Waals surface area contributed by atoms with Crippen LogP contribution >= 0.6 is 0 Å². The standard InChI is InChI=1S/C11H11NO2.C5H5N.CH4O3S/c1-13-10-6-5-9(4-3-7-12)8-11(10)14-2;1-2-4-6-5-3-1;1-5(2,3)4/h3-6,8H,1-2H3;1-5H;1H3,(H,2,3,4). The molecule has 7 nitrogen and oxygen atoms in total. The quantitative estimate of drug-likeness (QED) is 0.658. The Morgan fingerprint density at radius 3 is 2.04 bits per heavy atom. The second kappa shape index (κ2) is 12.5. The van der Waals surface area contributed by atoms with Crippen molar-refractivity contribution in [3.63, 3.8) is 0 Å². The van der Waals surface area contributed by atoms with Crippen LogP contribution < -0.4 is 9.47 Å². The predicted molar refractivity (Wildman–Crippen MR) is 95.9 cm³/mol. The molecule has 0 spiro atoms. The molecule has 1 aromatic heterocycles. The number of hydrogen-bond acceptors (Lipinski definition) is 6. The van der Waals surface area contributed by atoms with Crippen molar-refractivity contribution < 1.29 is 22.4 Å². The van der Waals surface area contributed by atoms with Gasteiger partial charge in [0.1, 0.15) is 0 Å². The molecule has 0 amide bonds. The van der Waals surface area contributed by atoms with Crippen molar-refractivity contribution in [1.29, 1.82) is 5.26 Å². The molecule has 25 heavy (non-hydrogen) atoms. The Kier molecular flexibility index (Phi) is 11.1. The maximum absolute atomic E-state index is 9.19. The van der Waals surface area contributed by atoms with Crippen molar-refractivity contribution in [2.45, 2.75) is 0 Å². The third-order valence-electron chi connectivity index (χ3n) is 2.32. The van der Waals surface area contributed by atoms with Crippen LogP contribution in [0, 0.1) is 11.3 Å². The molecule has 0 atom stereocenters. The van der Waals surface area contributed by atoms with Crippen LogP contribution in [0.1, 0.15) is 5.56 Å². The van der Waals surface area contributed by atoms with Gasteiger partial charge in [0.25, 0.3) is 10.1 Å². The van der Waals surface area contributed by atoms with Crippen molar-refractivity contribution in [3.8, 4) is 17.6 Å². The first kappa shape index (κ1) is 22.1. The van der Waals surface area contributed by atoms with E-state index >= 15 is 0 Å². The highest BCUT2D eigenvalue weighted by atomic mass is 32.2. The molecule has 1 N–H and O–H groups in total. The Labute approximate surface area is 147 Å². The number of ether oxygens (including phenoxy) is 2. The summed E-state index contributed by atoms with van der Waals surface area (Å²) in [7, 11) is -0.502. The fraction of sp³-hybridized carbons (Fsp3) is 0.176. The van der Waals surface area contributed by atoms with Gasteiger partial charge in [0.15, 0.2) is 11.5 Å². The van der Waals surface area contributed by atoms with Crippen molar-refractivity contribution in [1.82, 2.24) is 4.98 Å². The molecule has 8 heteroatoms. The Balaban J connectivity index is 0.000000429. The van der Waals surface area contributed by atoms with Crippen molar-refractivity contribution >= 4 is 16.2 Å². The fourth-order valence-electron chi connectivity index (χ4n) is 1.40. The minimum atomic E-state index is -3.67. The lowest BCUT2D eigenvalue weighted by molar-refractivity contribution is 0.355. The molecular formula is C17H20N2O5S. The number of methoxy groups -OCH3 is 2. The summed E-state index contributed by atoms with van der Waals surface area (Å²) in [5.74, 6) is 1.34. The minimum absolute atomic E-state index is 0.660. The summed E-state index contributed by atoms with van der Waals surface area (Å²) in [4.78, 5) is 3.78. The van der Waals surface area contributed by atoms with Crippen LogP contribution in [0.3, 0.4) is 0 Å². The third-order valence-corrected chi connectivity index (χ3v) is 2.32. The highest BCUT2D eigenvalue weighted by molar-refractivity contribution is 7.85. The van der Waals surface area contributed by atoms with Crippen LogP contribution in [0.25, 0.3) is 6.08 Å². The number of rotatable bonds is 3. The van der Waals surface area contributed by atoms with E-state index in [4.69, 9.17) is 19.3 Å². The smallest absolute Gasteiger partial charge is 0.261 e. The second-order valence-corrected chi connectivity index (χ2v) is 5.80. The molecule has 0 saturated carbocycles. The summed E-state index contributed by atoms with van der Waals surface area (Å²) in [5, 5.41) is 8.36. The molecule has 2 rings (SSSR count). The van der Waals surface area contributed by atoms with E-state index in [0.717, 1.165) is 5.56 Å². The Morgan fingerprint density at radius 2 is 1.68 bits per heavy atom. The molecule has 0 unspecified atom stereocenters. The van der Waals surface area contributed by atoms with Gasteiger partial charge in [-0.05, 0) is 35.9 Å². The van der Waals surface area contributed by atoms with E-state index in [2.05, 4.69) is 4.98 Å². The molecule has 0 aliphatic carbocycles. The zero-order valence-electron chi connectivity index (χ0n) is 14.2.